The summed E-state index contributed by atoms with van der Waals surface area (Å²) < 4.78 is 5.08. The third-order valence-electron chi connectivity index (χ3n) is 2.96. The number of aryl methyl sites for hydroxylation is 1. The van der Waals surface area contributed by atoms with Gasteiger partial charge in [-0.05, 0) is 26.3 Å². The van der Waals surface area contributed by atoms with Crippen LogP contribution in [0.25, 0.3) is 0 Å². The molecule has 0 fully saturated rings. The molecule has 5 heteroatoms. The molecule has 0 saturated heterocycles. The maximum absolute atomic E-state index is 11.3. The monoisotopic (exact) mass is 354 g/mol. The minimum Gasteiger partial charge on any atom is -0.502 e. The lowest BCUT2D eigenvalue weighted by atomic mass is 10.2. The first kappa shape index (κ1) is 17.5. The number of rotatable bonds is 2. The quantitative estimate of drug-likeness (QED) is 0.808. The number of alkyl halides is 1. The smallest absolute Gasteiger partial charge is 0.230 e. The van der Waals surface area contributed by atoms with E-state index in [0.717, 1.165) is 5.33 Å². The molecule has 2 aromatic rings. The number of hydrogen-bond donors (Lipinski definition) is 2. The summed E-state index contributed by atoms with van der Waals surface area (Å²) in [4.78, 5) is 11.3. The van der Waals surface area contributed by atoms with Crippen molar-refractivity contribution >= 4 is 15.9 Å². The van der Waals surface area contributed by atoms with Crippen LogP contribution in [0.4, 0.5) is 0 Å². The predicted molar refractivity (Wildman–Crippen MR) is 85.8 cm³/mol. The van der Waals surface area contributed by atoms with Gasteiger partial charge in [0.25, 0.3) is 0 Å². The molecule has 0 spiro atoms. The van der Waals surface area contributed by atoms with Gasteiger partial charge in [0, 0.05) is 10.9 Å². The van der Waals surface area contributed by atoms with Gasteiger partial charge in [-0.1, -0.05) is 46.3 Å². The van der Waals surface area contributed by atoms with Crippen LogP contribution in [0.2, 0.25) is 0 Å². The molecule has 2 rings (SSSR count). The van der Waals surface area contributed by atoms with Crippen LogP contribution >= 0.6 is 15.9 Å². The first-order chi connectivity index (χ1) is 9.88. The molecule has 2 N–H and O–H groups in total. The second-order valence-electron chi connectivity index (χ2n) is 4.62. The highest BCUT2D eigenvalue weighted by Crippen LogP contribution is 2.22. The van der Waals surface area contributed by atoms with E-state index in [1.165, 1.54) is 12.5 Å². The van der Waals surface area contributed by atoms with E-state index in [9.17, 15) is 9.90 Å². The maximum atomic E-state index is 11.3. The van der Waals surface area contributed by atoms with Crippen LogP contribution in [0, 0.1) is 13.8 Å². The van der Waals surface area contributed by atoms with Gasteiger partial charge in [0.05, 0.1) is 0 Å². The number of aliphatic hydroxyl groups excluding tert-OH is 1. The van der Waals surface area contributed by atoms with Crippen molar-refractivity contribution in [2.75, 3.05) is 0 Å². The van der Waals surface area contributed by atoms with Gasteiger partial charge in [0.15, 0.2) is 5.76 Å². The summed E-state index contributed by atoms with van der Waals surface area (Å²) in [5.41, 5.74) is 1.20. The topological polar surface area (TPSA) is 70.7 Å². The van der Waals surface area contributed by atoms with E-state index in [1.54, 1.807) is 13.8 Å². The van der Waals surface area contributed by atoms with E-state index in [0.29, 0.717) is 11.3 Å². The Morgan fingerprint density at radius 2 is 1.81 bits per heavy atom. The van der Waals surface area contributed by atoms with Gasteiger partial charge in [0.2, 0.25) is 11.2 Å². The van der Waals surface area contributed by atoms with Crippen LogP contribution < -0.4 is 5.43 Å². The Morgan fingerprint density at radius 3 is 2.24 bits per heavy atom. The lowest BCUT2D eigenvalue weighted by Crippen LogP contribution is -2.10. The van der Waals surface area contributed by atoms with E-state index >= 15 is 0 Å². The highest BCUT2D eigenvalue weighted by molar-refractivity contribution is 9.08. The molecule has 1 heterocycles. The molecule has 1 atom stereocenters. The zero-order valence-electron chi connectivity index (χ0n) is 12.3. The highest BCUT2D eigenvalue weighted by Gasteiger charge is 2.16. The van der Waals surface area contributed by atoms with Crippen molar-refractivity contribution in [3.63, 3.8) is 0 Å². The van der Waals surface area contributed by atoms with Crippen molar-refractivity contribution in [2.45, 2.75) is 32.2 Å². The SMILES string of the molecule is BrCc1ccccc1.Cc1oc(C(C)O)c(O)c(=O)c1C. The van der Waals surface area contributed by atoms with E-state index < -0.39 is 17.3 Å². The molecule has 114 valence electrons. The molecule has 1 unspecified atom stereocenters. The zero-order valence-corrected chi connectivity index (χ0v) is 13.8. The average Bonchev–Trinajstić information content (AvgIpc) is 2.50. The van der Waals surface area contributed by atoms with Gasteiger partial charge in [0.1, 0.15) is 11.9 Å². The van der Waals surface area contributed by atoms with Gasteiger partial charge in [-0.2, -0.15) is 0 Å². The molecule has 4 nitrogen and oxygen atoms in total. The van der Waals surface area contributed by atoms with E-state index in [4.69, 9.17) is 9.52 Å². The second-order valence-corrected chi connectivity index (χ2v) is 5.18. The van der Waals surface area contributed by atoms with Crippen LogP contribution in [0.1, 0.15) is 35.7 Å². The van der Waals surface area contributed by atoms with Crippen molar-refractivity contribution in [3.8, 4) is 5.75 Å². The van der Waals surface area contributed by atoms with Gasteiger partial charge in [-0.15, -0.1) is 0 Å². The van der Waals surface area contributed by atoms with E-state index in [-0.39, 0.29) is 5.76 Å². The fourth-order valence-corrected chi connectivity index (χ4v) is 1.96. The van der Waals surface area contributed by atoms with E-state index in [1.807, 2.05) is 18.2 Å². The van der Waals surface area contributed by atoms with Crippen molar-refractivity contribution in [1.82, 2.24) is 0 Å². The molecule has 0 aliphatic heterocycles. The molecule has 21 heavy (non-hydrogen) atoms. The van der Waals surface area contributed by atoms with Crippen molar-refractivity contribution in [3.05, 3.63) is 63.2 Å². The number of hydrogen-bond acceptors (Lipinski definition) is 4. The average molecular weight is 355 g/mol. The molecule has 0 radical (unpaired) electrons. The normalized spacial score (nSPS) is 11.5. The molecule has 0 aliphatic carbocycles. The Bertz CT molecular complexity index is 633. The van der Waals surface area contributed by atoms with Gasteiger partial charge < -0.3 is 14.6 Å². The van der Waals surface area contributed by atoms with Crippen LogP contribution in [0.5, 0.6) is 5.75 Å². The number of aliphatic hydroxyl groups is 1. The zero-order chi connectivity index (χ0) is 16.0. The molecular formula is C16H19BrO4. The molecule has 0 aliphatic rings. The fourth-order valence-electron chi connectivity index (χ4n) is 1.59. The number of benzene rings is 1. The van der Waals surface area contributed by atoms with Gasteiger partial charge in [-0.3, -0.25) is 4.79 Å². The summed E-state index contributed by atoms with van der Waals surface area (Å²) in [7, 11) is 0. The second kappa shape index (κ2) is 8.00. The molecule has 1 aromatic heterocycles. The van der Waals surface area contributed by atoms with Crippen molar-refractivity contribution in [1.29, 1.82) is 0 Å². The summed E-state index contributed by atoms with van der Waals surface area (Å²) >= 11 is 3.36. The highest BCUT2D eigenvalue weighted by atomic mass is 79.9. The van der Waals surface area contributed by atoms with E-state index in [2.05, 4.69) is 28.1 Å². The summed E-state index contributed by atoms with van der Waals surface area (Å²) in [5.74, 6) is -0.162. The van der Waals surface area contributed by atoms with Crippen LogP contribution in [0.15, 0.2) is 39.5 Å². The fraction of sp³-hybridized carbons (Fsp3) is 0.312. The Hall–Kier alpha value is -1.59. The van der Waals surface area contributed by atoms with Gasteiger partial charge >= 0.3 is 0 Å². The number of aromatic hydroxyl groups is 1. The Balaban J connectivity index is 0.000000235. The lowest BCUT2D eigenvalue weighted by molar-refractivity contribution is 0.157. The van der Waals surface area contributed by atoms with Crippen LogP contribution in [-0.2, 0) is 5.33 Å². The molecule has 0 bridgehead atoms. The summed E-state index contributed by atoms with van der Waals surface area (Å²) in [6.07, 6.45) is -0.980. The lowest BCUT2D eigenvalue weighted by Gasteiger charge is -2.08. The van der Waals surface area contributed by atoms with Gasteiger partial charge in [-0.25, -0.2) is 0 Å². The third-order valence-corrected chi connectivity index (χ3v) is 3.60. The first-order valence-corrected chi connectivity index (χ1v) is 7.61. The summed E-state index contributed by atoms with van der Waals surface area (Å²) in [6.45, 7) is 4.60. The van der Waals surface area contributed by atoms with Crippen molar-refractivity contribution < 1.29 is 14.6 Å². The van der Waals surface area contributed by atoms with Crippen molar-refractivity contribution in [2.24, 2.45) is 0 Å². The Morgan fingerprint density at radius 1 is 1.24 bits per heavy atom. The minimum atomic E-state index is -0.980. The summed E-state index contributed by atoms with van der Waals surface area (Å²) in [6, 6.07) is 10.3. The van der Waals surface area contributed by atoms with Crippen LogP contribution in [-0.4, -0.2) is 10.2 Å². The minimum absolute atomic E-state index is 0.0758. The molecule has 1 aromatic carbocycles. The third kappa shape index (κ3) is 4.72. The Labute approximate surface area is 132 Å². The standard InChI is InChI=1S/C9H12O4.C7H7Br/c1-4-6(3)13-9(5(2)10)8(12)7(4)11;8-6-7-4-2-1-3-5-7/h5,10,12H,1-3H3;1-5H,6H2. The molecule has 0 saturated carbocycles. The molecule has 0 amide bonds. The van der Waals surface area contributed by atoms with Crippen LogP contribution in [0.3, 0.4) is 0 Å². The molecular weight excluding hydrogens is 336 g/mol. The maximum Gasteiger partial charge on any atom is 0.230 e. The summed E-state index contributed by atoms with van der Waals surface area (Å²) in [5, 5.41) is 19.4. The largest absolute Gasteiger partial charge is 0.502 e. The number of halogens is 1. The Kier molecular flexibility index (Phi) is 6.65. The first-order valence-electron chi connectivity index (χ1n) is 6.49. The predicted octanol–water partition coefficient (Wildman–Crippen LogP) is 3.60.